The van der Waals surface area contributed by atoms with Crippen molar-refractivity contribution in [3.05, 3.63) is 86.7 Å². The van der Waals surface area contributed by atoms with E-state index in [1.807, 2.05) is 54.8 Å². The number of aromatic nitrogens is 1. The number of amides is 1. The minimum absolute atomic E-state index is 0.319. The minimum Gasteiger partial charge on any atom is -0.493 e. The molecule has 190 valence electrons. The van der Waals surface area contributed by atoms with Crippen LogP contribution < -0.4 is 20.2 Å². The van der Waals surface area contributed by atoms with Gasteiger partial charge in [-0.25, -0.2) is 10.4 Å². The second-order valence-corrected chi connectivity index (χ2v) is 9.98. The highest BCUT2D eigenvalue weighted by molar-refractivity contribution is 9.10. The van der Waals surface area contributed by atoms with Gasteiger partial charge in [0.2, 0.25) is 0 Å². The Morgan fingerprint density at radius 1 is 1.16 bits per heavy atom. The maximum atomic E-state index is 12.6. The van der Waals surface area contributed by atoms with Crippen molar-refractivity contribution in [1.29, 1.82) is 0 Å². The average Bonchev–Trinajstić information content (AvgIpc) is 3.37. The van der Waals surface area contributed by atoms with Crippen molar-refractivity contribution in [1.82, 2.24) is 10.4 Å². The number of benzene rings is 3. The second kappa shape index (κ2) is 12.7. The molecule has 0 atom stereocenters. The summed E-state index contributed by atoms with van der Waals surface area (Å²) in [5.74, 6) is 0.901. The molecule has 0 saturated heterocycles. The molecule has 0 aliphatic rings. The molecule has 0 bridgehead atoms. The normalized spacial score (nSPS) is 10.9. The highest BCUT2D eigenvalue weighted by Crippen LogP contribution is 2.36. The lowest BCUT2D eigenvalue weighted by Gasteiger charge is -2.12. The van der Waals surface area contributed by atoms with Crippen LogP contribution in [-0.2, 0) is 0 Å². The van der Waals surface area contributed by atoms with Gasteiger partial charge in [0.1, 0.15) is 0 Å². The smallest absolute Gasteiger partial charge is 0.271 e. The molecule has 37 heavy (non-hydrogen) atoms. The molecule has 0 radical (unpaired) electrons. The molecule has 7 nitrogen and oxygen atoms in total. The lowest BCUT2D eigenvalue weighted by molar-refractivity contribution is 0.0955. The van der Waals surface area contributed by atoms with Crippen LogP contribution in [0.15, 0.2) is 75.6 Å². The highest BCUT2D eigenvalue weighted by atomic mass is 79.9. The minimum atomic E-state index is -0.319. The van der Waals surface area contributed by atoms with Gasteiger partial charge in [-0.15, -0.1) is 11.3 Å². The van der Waals surface area contributed by atoms with Crippen LogP contribution in [0.4, 0.5) is 10.8 Å². The first-order valence-corrected chi connectivity index (χ1v) is 13.4. The van der Waals surface area contributed by atoms with Gasteiger partial charge in [0, 0.05) is 27.2 Å². The van der Waals surface area contributed by atoms with Gasteiger partial charge in [-0.3, -0.25) is 4.79 Å². The molecule has 1 amide bonds. The summed E-state index contributed by atoms with van der Waals surface area (Å²) in [5.41, 5.74) is 6.42. The van der Waals surface area contributed by atoms with E-state index in [0.29, 0.717) is 28.7 Å². The Hall–Kier alpha value is -3.40. The molecule has 0 spiro atoms. The van der Waals surface area contributed by atoms with Crippen molar-refractivity contribution in [3.63, 3.8) is 0 Å². The van der Waals surface area contributed by atoms with Crippen LogP contribution in [0.2, 0.25) is 5.02 Å². The Morgan fingerprint density at radius 2 is 1.92 bits per heavy atom. The van der Waals surface area contributed by atoms with Crippen LogP contribution in [0.25, 0.3) is 11.3 Å². The predicted molar refractivity (Wildman–Crippen MR) is 154 cm³/mol. The number of rotatable bonds is 10. The Morgan fingerprint density at radius 3 is 2.62 bits per heavy atom. The monoisotopic (exact) mass is 598 g/mol. The quantitative estimate of drug-likeness (QED) is 0.145. The molecule has 0 saturated carbocycles. The maximum absolute atomic E-state index is 12.6. The molecule has 2 N–H and O–H groups in total. The Kier molecular flexibility index (Phi) is 9.16. The number of hydrazone groups is 1. The fourth-order valence-corrected chi connectivity index (χ4v) is 4.74. The Bertz CT molecular complexity index is 1390. The topological polar surface area (TPSA) is 84.8 Å². The lowest BCUT2D eigenvalue weighted by Crippen LogP contribution is -2.17. The standard InChI is InChI=1S/C27H24BrClN4O3S/c1-3-12-36-25-22(28)13-17(14-24(25)35-2)15-30-33-26(34)19-6-4-18(5-7-19)23-16-37-27(32-23)31-21-10-8-20(29)9-11-21/h4-11,13-16H,3,12H2,1-2H3,(H,31,32)(H,33,34)/b30-15-. The molecule has 0 aliphatic heterocycles. The number of nitrogens with zero attached hydrogens (tertiary/aromatic N) is 2. The molecule has 10 heteroatoms. The van der Waals surface area contributed by atoms with Gasteiger partial charge in [0.15, 0.2) is 16.6 Å². The summed E-state index contributed by atoms with van der Waals surface area (Å²) >= 11 is 10.9. The van der Waals surface area contributed by atoms with Crippen LogP contribution in [0.1, 0.15) is 29.3 Å². The van der Waals surface area contributed by atoms with E-state index in [1.165, 1.54) is 11.3 Å². The van der Waals surface area contributed by atoms with Crippen molar-refractivity contribution in [3.8, 4) is 22.8 Å². The summed E-state index contributed by atoms with van der Waals surface area (Å²) in [7, 11) is 1.58. The SMILES string of the molecule is CCCOc1c(Br)cc(/C=N\NC(=O)c2ccc(-c3csc(Nc4ccc(Cl)cc4)n3)cc2)cc1OC. The number of halogens is 2. The maximum Gasteiger partial charge on any atom is 0.271 e. The molecule has 0 fully saturated rings. The average molecular weight is 600 g/mol. The fourth-order valence-electron chi connectivity index (χ4n) is 3.30. The summed E-state index contributed by atoms with van der Waals surface area (Å²) in [6.07, 6.45) is 2.44. The van der Waals surface area contributed by atoms with Crippen molar-refractivity contribution in [2.75, 3.05) is 19.0 Å². The van der Waals surface area contributed by atoms with Crippen LogP contribution in [-0.4, -0.2) is 30.8 Å². The molecule has 0 aliphatic carbocycles. The molecular weight excluding hydrogens is 576 g/mol. The number of anilines is 2. The molecule has 0 unspecified atom stereocenters. The molecule has 4 rings (SSSR count). The lowest BCUT2D eigenvalue weighted by atomic mass is 10.1. The van der Waals surface area contributed by atoms with Gasteiger partial charge >= 0.3 is 0 Å². The van der Waals surface area contributed by atoms with Crippen LogP contribution in [0.5, 0.6) is 11.5 Å². The fraction of sp³-hybridized carbons (Fsp3) is 0.148. The summed E-state index contributed by atoms with van der Waals surface area (Å²) in [4.78, 5) is 17.2. The largest absolute Gasteiger partial charge is 0.493 e. The van der Waals surface area contributed by atoms with Crippen LogP contribution in [0, 0.1) is 0 Å². The zero-order valence-electron chi connectivity index (χ0n) is 20.1. The third kappa shape index (κ3) is 7.09. The Balaban J connectivity index is 1.37. The molecular formula is C27H24BrClN4O3S. The summed E-state index contributed by atoms with van der Waals surface area (Å²) in [6, 6.07) is 18.3. The van der Waals surface area contributed by atoms with Gasteiger partial charge < -0.3 is 14.8 Å². The van der Waals surface area contributed by atoms with E-state index in [2.05, 4.69) is 36.8 Å². The van der Waals surface area contributed by atoms with E-state index >= 15 is 0 Å². The molecule has 1 aromatic heterocycles. The molecule has 4 aromatic rings. The van der Waals surface area contributed by atoms with Gasteiger partial charge in [-0.1, -0.05) is 30.7 Å². The summed E-state index contributed by atoms with van der Waals surface area (Å²) in [5, 5.41) is 10.8. The van der Waals surface area contributed by atoms with E-state index in [4.69, 9.17) is 21.1 Å². The molecule has 3 aromatic carbocycles. The van der Waals surface area contributed by atoms with Crippen molar-refractivity contribution < 1.29 is 14.3 Å². The first kappa shape index (κ1) is 26.7. The van der Waals surface area contributed by atoms with E-state index in [0.717, 1.165) is 38.5 Å². The number of hydrogen-bond acceptors (Lipinski definition) is 7. The first-order valence-electron chi connectivity index (χ1n) is 11.4. The first-order chi connectivity index (χ1) is 18.0. The van der Waals surface area contributed by atoms with E-state index in [-0.39, 0.29) is 5.91 Å². The number of methoxy groups -OCH3 is 1. The van der Waals surface area contributed by atoms with Gasteiger partial charge in [-0.05, 0) is 76.4 Å². The van der Waals surface area contributed by atoms with Crippen molar-refractivity contribution in [2.24, 2.45) is 5.10 Å². The number of thiazole rings is 1. The number of nitrogens with one attached hydrogen (secondary N) is 2. The third-order valence-electron chi connectivity index (χ3n) is 5.12. The number of carbonyl (C=O) groups excluding carboxylic acids is 1. The zero-order valence-corrected chi connectivity index (χ0v) is 23.3. The van der Waals surface area contributed by atoms with E-state index < -0.39 is 0 Å². The van der Waals surface area contributed by atoms with Gasteiger partial charge in [-0.2, -0.15) is 5.10 Å². The number of hydrogen-bond donors (Lipinski definition) is 2. The zero-order chi connectivity index (χ0) is 26.2. The third-order valence-corrected chi connectivity index (χ3v) is 6.72. The van der Waals surface area contributed by atoms with Crippen molar-refractivity contribution in [2.45, 2.75) is 13.3 Å². The highest BCUT2D eigenvalue weighted by Gasteiger charge is 2.12. The number of ether oxygens (including phenoxy) is 2. The predicted octanol–water partition coefficient (Wildman–Crippen LogP) is 7.53. The van der Waals surface area contributed by atoms with Crippen LogP contribution in [0.3, 0.4) is 0 Å². The molecule has 1 heterocycles. The van der Waals surface area contributed by atoms with Crippen LogP contribution >= 0.6 is 38.9 Å². The van der Waals surface area contributed by atoms with Gasteiger partial charge in [0.05, 0.1) is 30.1 Å². The summed E-state index contributed by atoms with van der Waals surface area (Å²) < 4.78 is 11.9. The van der Waals surface area contributed by atoms with Gasteiger partial charge in [0.25, 0.3) is 5.91 Å². The van der Waals surface area contributed by atoms with Crippen molar-refractivity contribution >= 4 is 61.8 Å². The van der Waals surface area contributed by atoms with E-state index in [1.54, 1.807) is 31.5 Å². The number of carbonyl (C=O) groups is 1. The van der Waals surface area contributed by atoms with E-state index in [9.17, 15) is 4.79 Å². The Labute approximate surface area is 232 Å². The second-order valence-electron chi connectivity index (χ2n) is 7.83. The summed E-state index contributed by atoms with van der Waals surface area (Å²) in [6.45, 7) is 2.62.